The molecule has 0 bridgehead atoms. The van der Waals surface area contributed by atoms with Crippen LogP contribution in [-0.2, 0) is 4.79 Å². The van der Waals surface area contributed by atoms with Crippen LogP contribution in [0.5, 0.6) is 0 Å². The van der Waals surface area contributed by atoms with Gasteiger partial charge in [0.05, 0.1) is 5.56 Å². The SMILES string of the molecule is O=C(O)CCC1CCN(C(=O)c2ccc(Cl)nc2Cl)CC1. The van der Waals surface area contributed by atoms with E-state index in [0.717, 1.165) is 12.8 Å². The first-order valence-corrected chi connectivity index (χ1v) is 7.56. The normalized spacial score (nSPS) is 16.0. The van der Waals surface area contributed by atoms with Crippen molar-refractivity contribution in [2.75, 3.05) is 13.1 Å². The lowest BCUT2D eigenvalue weighted by Crippen LogP contribution is -2.38. The Bertz CT molecular complexity index is 543. The van der Waals surface area contributed by atoms with E-state index in [9.17, 15) is 9.59 Å². The number of pyridine rings is 1. The predicted molar refractivity (Wildman–Crippen MR) is 79.8 cm³/mol. The fourth-order valence-electron chi connectivity index (χ4n) is 2.49. The molecule has 7 heteroatoms. The maximum atomic E-state index is 12.4. The second-order valence-corrected chi connectivity index (χ2v) is 5.89. The number of piperidine rings is 1. The van der Waals surface area contributed by atoms with Crippen molar-refractivity contribution in [1.29, 1.82) is 0 Å². The summed E-state index contributed by atoms with van der Waals surface area (Å²) in [7, 11) is 0. The topological polar surface area (TPSA) is 70.5 Å². The Morgan fingerprint density at radius 2 is 1.95 bits per heavy atom. The zero-order chi connectivity index (χ0) is 15.4. The van der Waals surface area contributed by atoms with Crippen molar-refractivity contribution in [3.05, 3.63) is 28.0 Å². The quantitative estimate of drug-likeness (QED) is 0.861. The van der Waals surface area contributed by atoms with Gasteiger partial charge in [-0.3, -0.25) is 9.59 Å². The van der Waals surface area contributed by atoms with Gasteiger partial charge in [0.1, 0.15) is 10.3 Å². The van der Waals surface area contributed by atoms with Gasteiger partial charge < -0.3 is 10.0 Å². The molecule has 114 valence electrons. The van der Waals surface area contributed by atoms with Gasteiger partial charge in [0.25, 0.3) is 5.91 Å². The van der Waals surface area contributed by atoms with Crippen molar-refractivity contribution in [1.82, 2.24) is 9.88 Å². The number of rotatable bonds is 4. The molecule has 0 atom stereocenters. The van der Waals surface area contributed by atoms with Crippen molar-refractivity contribution in [2.24, 2.45) is 5.92 Å². The number of amides is 1. The molecule has 1 N–H and O–H groups in total. The van der Waals surface area contributed by atoms with Crippen LogP contribution in [0.3, 0.4) is 0 Å². The molecule has 1 saturated heterocycles. The van der Waals surface area contributed by atoms with Crippen molar-refractivity contribution >= 4 is 35.1 Å². The van der Waals surface area contributed by atoms with E-state index >= 15 is 0 Å². The third-order valence-electron chi connectivity index (χ3n) is 3.71. The van der Waals surface area contributed by atoms with Crippen LogP contribution in [0.25, 0.3) is 0 Å². The number of aromatic nitrogens is 1. The molecule has 21 heavy (non-hydrogen) atoms. The summed E-state index contributed by atoms with van der Waals surface area (Å²) in [6.45, 7) is 1.23. The standard InChI is InChI=1S/C14H16Cl2N2O3/c15-11-3-2-10(13(16)17-11)14(21)18-7-5-9(6-8-18)1-4-12(19)20/h2-3,9H,1,4-8H2,(H,19,20). The van der Waals surface area contributed by atoms with Crippen molar-refractivity contribution in [3.63, 3.8) is 0 Å². The fraction of sp³-hybridized carbons (Fsp3) is 0.500. The number of nitrogens with zero attached hydrogens (tertiary/aromatic N) is 2. The first kappa shape index (κ1) is 16.0. The Morgan fingerprint density at radius 3 is 2.52 bits per heavy atom. The van der Waals surface area contributed by atoms with E-state index in [1.807, 2.05) is 0 Å². The summed E-state index contributed by atoms with van der Waals surface area (Å²) in [5.41, 5.74) is 0.352. The van der Waals surface area contributed by atoms with Gasteiger partial charge in [0.15, 0.2) is 0 Å². The highest BCUT2D eigenvalue weighted by atomic mass is 35.5. The van der Waals surface area contributed by atoms with E-state index in [4.69, 9.17) is 28.3 Å². The number of carbonyl (C=O) groups excluding carboxylic acids is 1. The van der Waals surface area contributed by atoms with Crippen LogP contribution in [0.2, 0.25) is 10.3 Å². The Morgan fingerprint density at radius 1 is 1.29 bits per heavy atom. The Hall–Kier alpha value is -1.33. The van der Waals surface area contributed by atoms with E-state index in [1.54, 1.807) is 17.0 Å². The van der Waals surface area contributed by atoms with Crippen LogP contribution in [-0.4, -0.2) is 40.0 Å². The van der Waals surface area contributed by atoms with Gasteiger partial charge >= 0.3 is 5.97 Å². The van der Waals surface area contributed by atoms with Gasteiger partial charge in [-0.1, -0.05) is 23.2 Å². The average Bonchev–Trinajstić information content (AvgIpc) is 2.45. The van der Waals surface area contributed by atoms with Gasteiger partial charge in [-0.25, -0.2) is 4.98 Å². The molecule has 0 aliphatic carbocycles. The van der Waals surface area contributed by atoms with E-state index in [2.05, 4.69) is 4.98 Å². The van der Waals surface area contributed by atoms with E-state index in [1.165, 1.54) is 0 Å². The smallest absolute Gasteiger partial charge is 0.303 e. The van der Waals surface area contributed by atoms with Gasteiger partial charge in [0, 0.05) is 19.5 Å². The third kappa shape index (κ3) is 4.32. The van der Waals surface area contributed by atoms with Crippen LogP contribution in [0, 0.1) is 5.92 Å². The Balaban J connectivity index is 1.92. The molecule has 0 aromatic carbocycles. The molecule has 1 aliphatic rings. The van der Waals surface area contributed by atoms with Gasteiger partial charge in [-0.05, 0) is 37.3 Å². The van der Waals surface area contributed by atoms with Crippen molar-refractivity contribution in [2.45, 2.75) is 25.7 Å². The molecule has 0 saturated carbocycles. The van der Waals surface area contributed by atoms with Crippen LogP contribution in [0.1, 0.15) is 36.0 Å². The molecular formula is C14H16Cl2N2O3. The summed E-state index contributed by atoms with van der Waals surface area (Å²) in [5, 5.41) is 9.05. The predicted octanol–water partition coefficient (Wildman–Crippen LogP) is 3.11. The summed E-state index contributed by atoms with van der Waals surface area (Å²) in [6.07, 6.45) is 2.49. The number of carbonyl (C=O) groups is 2. The first-order valence-electron chi connectivity index (χ1n) is 6.80. The molecular weight excluding hydrogens is 315 g/mol. The van der Waals surface area contributed by atoms with Gasteiger partial charge in [0.2, 0.25) is 0 Å². The van der Waals surface area contributed by atoms with E-state index in [0.29, 0.717) is 31.0 Å². The maximum absolute atomic E-state index is 12.4. The minimum atomic E-state index is -0.771. The molecule has 1 aliphatic heterocycles. The lowest BCUT2D eigenvalue weighted by atomic mass is 9.92. The van der Waals surface area contributed by atoms with E-state index in [-0.39, 0.29) is 22.6 Å². The van der Waals surface area contributed by atoms with Gasteiger partial charge in [-0.2, -0.15) is 0 Å². The minimum Gasteiger partial charge on any atom is -0.481 e. The van der Waals surface area contributed by atoms with Crippen LogP contribution >= 0.6 is 23.2 Å². The molecule has 0 radical (unpaired) electrons. The Labute approximate surface area is 132 Å². The van der Waals surface area contributed by atoms with E-state index < -0.39 is 5.97 Å². The van der Waals surface area contributed by atoms with Gasteiger partial charge in [-0.15, -0.1) is 0 Å². The zero-order valence-electron chi connectivity index (χ0n) is 11.4. The number of aliphatic carboxylic acids is 1. The van der Waals surface area contributed by atoms with Crippen LogP contribution in [0.15, 0.2) is 12.1 Å². The largest absolute Gasteiger partial charge is 0.481 e. The maximum Gasteiger partial charge on any atom is 0.303 e. The third-order valence-corrected chi connectivity index (χ3v) is 4.21. The molecule has 1 aromatic heterocycles. The van der Waals surface area contributed by atoms with Crippen LogP contribution in [0.4, 0.5) is 0 Å². The number of likely N-dealkylation sites (tertiary alicyclic amines) is 1. The summed E-state index contributed by atoms with van der Waals surface area (Å²) in [6, 6.07) is 3.12. The number of carboxylic acids is 1. The second kappa shape index (κ2) is 7.09. The molecule has 2 rings (SSSR count). The number of hydrogen-bond acceptors (Lipinski definition) is 3. The second-order valence-electron chi connectivity index (χ2n) is 5.14. The molecule has 2 heterocycles. The van der Waals surface area contributed by atoms with Crippen molar-refractivity contribution in [3.8, 4) is 0 Å². The lowest BCUT2D eigenvalue weighted by Gasteiger charge is -2.32. The highest BCUT2D eigenvalue weighted by Gasteiger charge is 2.25. The molecule has 0 unspecified atom stereocenters. The molecule has 1 amide bonds. The molecule has 0 spiro atoms. The number of hydrogen-bond donors (Lipinski definition) is 1. The minimum absolute atomic E-state index is 0.112. The molecule has 5 nitrogen and oxygen atoms in total. The summed E-state index contributed by atoms with van der Waals surface area (Å²) in [5.74, 6) is -0.558. The number of halogens is 2. The summed E-state index contributed by atoms with van der Waals surface area (Å²) >= 11 is 11.7. The molecule has 1 fully saturated rings. The zero-order valence-corrected chi connectivity index (χ0v) is 12.9. The lowest BCUT2D eigenvalue weighted by molar-refractivity contribution is -0.137. The highest BCUT2D eigenvalue weighted by Crippen LogP contribution is 2.25. The Kier molecular flexibility index (Phi) is 5.42. The van der Waals surface area contributed by atoms with Crippen molar-refractivity contribution < 1.29 is 14.7 Å². The first-order chi connectivity index (χ1) is 9.97. The summed E-state index contributed by atoms with van der Waals surface area (Å²) in [4.78, 5) is 28.5. The number of carboxylic acid groups (broad SMARTS) is 1. The summed E-state index contributed by atoms with van der Waals surface area (Å²) < 4.78 is 0. The highest BCUT2D eigenvalue weighted by molar-refractivity contribution is 6.34. The average molecular weight is 331 g/mol. The van der Waals surface area contributed by atoms with Crippen LogP contribution < -0.4 is 0 Å². The fourth-order valence-corrected chi connectivity index (χ4v) is 2.92. The molecule has 1 aromatic rings. The monoisotopic (exact) mass is 330 g/mol.